The third-order valence-corrected chi connectivity index (χ3v) is 1.73. The molecule has 0 saturated heterocycles. The minimum Gasteiger partial charge on any atom is -0.346 e. The molecule has 1 aromatic carbocycles. The Morgan fingerprint density at radius 2 is 2.18 bits per heavy atom. The average molecular weight is 147 g/mol. The van der Waals surface area contributed by atoms with Gasteiger partial charge in [0.2, 0.25) is 0 Å². The predicted octanol–water partition coefficient (Wildman–Crippen LogP) is 1.10. The van der Waals surface area contributed by atoms with Gasteiger partial charge < -0.3 is 11.1 Å². The van der Waals surface area contributed by atoms with Gasteiger partial charge in [-0.1, -0.05) is 18.2 Å². The van der Waals surface area contributed by atoms with Gasteiger partial charge in [-0.05, 0) is 6.07 Å². The van der Waals surface area contributed by atoms with E-state index in [4.69, 9.17) is 5.73 Å². The summed E-state index contributed by atoms with van der Waals surface area (Å²) in [6.07, 6.45) is 1.43. The summed E-state index contributed by atoms with van der Waals surface area (Å²) in [5.41, 5.74) is 7.81. The number of para-hydroxylation sites is 1. The van der Waals surface area contributed by atoms with E-state index in [1.807, 2.05) is 24.3 Å². The van der Waals surface area contributed by atoms with Gasteiger partial charge >= 0.3 is 0 Å². The second kappa shape index (κ2) is 2.36. The molecule has 0 amide bonds. The molecule has 0 aliphatic carbocycles. The highest BCUT2D eigenvalue weighted by molar-refractivity contribution is 5.80. The Balaban J connectivity index is 2.50. The quantitative estimate of drug-likeness (QED) is 0.577. The van der Waals surface area contributed by atoms with Gasteiger partial charge in [-0.15, -0.1) is 0 Å². The molecule has 1 aliphatic heterocycles. The lowest BCUT2D eigenvalue weighted by molar-refractivity contribution is 0.775. The van der Waals surface area contributed by atoms with E-state index in [0.29, 0.717) is 0 Å². The molecule has 0 radical (unpaired) electrons. The van der Waals surface area contributed by atoms with E-state index in [1.54, 1.807) is 6.34 Å². The zero-order valence-corrected chi connectivity index (χ0v) is 5.99. The summed E-state index contributed by atoms with van der Waals surface area (Å²) in [5, 5.41) is 3.02. The summed E-state index contributed by atoms with van der Waals surface area (Å²) in [5.74, 6) is 0. The van der Waals surface area contributed by atoms with Gasteiger partial charge in [0.15, 0.2) is 0 Å². The lowest BCUT2D eigenvalue weighted by atomic mass is 10.1. The van der Waals surface area contributed by atoms with Crippen molar-refractivity contribution in [2.24, 2.45) is 10.7 Å². The van der Waals surface area contributed by atoms with Crippen molar-refractivity contribution in [2.45, 2.75) is 6.17 Å². The van der Waals surface area contributed by atoms with Crippen molar-refractivity contribution < 1.29 is 0 Å². The molecular weight excluding hydrogens is 138 g/mol. The van der Waals surface area contributed by atoms with Gasteiger partial charge in [-0.2, -0.15) is 0 Å². The van der Waals surface area contributed by atoms with Crippen LogP contribution in [0.4, 0.5) is 5.69 Å². The van der Waals surface area contributed by atoms with E-state index in [2.05, 4.69) is 10.3 Å². The maximum absolute atomic E-state index is 5.71. The fourth-order valence-corrected chi connectivity index (χ4v) is 1.15. The van der Waals surface area contributed by atoms with E-state index in [9.17, 15) is 0 Å². The minimum atomic E-state index is -0.201. The molecule has 0 bridgehead atoms. The Kier molecular flexibility index (Phi) is 1.36. The molecule has 3 nitrogen and oxygen atoms in total. The monoisotopic (exact) mass is 147 g/mol. The molecular formula is C8H9N3. The Hall–Kier alpha value is -1.35. The third kappa shape index (κ3) is 0.991. The van der Waals surface area contributed by atoms with Crippen LogP contribution >= 0.6 is 0 Å². The van der Waals surface area contributed by atoms with Crippen molar-refractivity contribution in [2.75, 3.05) is 5.32 Å². The summed E-state index contributed by atoms with van der Waals surface area (Å²) >= 11 is 0. The van der Waals surface area contributed by atoms with Crippen LogP contribution in [0.5, 0.6) is 0 Å². The number of nitrogens with one attached hydrogen (secondary N) is 1. The Labute approximate surface area is 64.9 Å². The first-order valence-electron chi connectivity index (χ1n) is 3.50. The number of nitrogens with two attached hydrogens (primary N) is 1. The average Bonchev–Trinajstić information content (AvgIpc) is 2.06. The second-order valence-corrected chi connectivity index (χ2v) is 2.45. The molecule has 0 saturated carbocycles. The molecule has 0 fully saturated rings. The molecule has 2 rings (SSSR count). The van der Waals surface area contributed by atoms with Crippen molar-refractivity contribution in [1.82, 2.24) is 0 Å². The molecule has 3 N–H and O–H groups in total. The number of hydrogen-bond acceptors (Lipinski definition) is 3. The predicted molar refractivity (Wildman–Crippen MR) is 45.5 cm³/mol. The summed E-state index contributed by atoms with van der Waals surface area (Å²) in [6, 6.07) is 7.89. The first-order valence-corrected chi connectivity index (χ1v) is 3.50. The Morgan fingerprint density at radius 1 is 1.36 bits per heavy atom. The summed E-state index contributed by atoms with van der Waals surface area (Å²) < 4.78 is 0. The number of anilines is 1. The number of aliphatic imine (C=N–C) groups is 1. The van der Waals surface area contributed by atoms with Crippen LogP contribution in [0.1, 0.15) is 11.7 Å². The molecule has 1 aliphatic rings. The normalized spacial score (nSPS) is 20.6. The smallest absolute Gasteiger partial charge is 0.126 e. The number of rotatable bonds is 0. The van der Waals surface area contributed by atoms with Crippen LogP contribution in [-0.2, 0) is 0 Å². The first-order chi connectivity index (χ1) is 5.38. The van der Waals surface area contributed by atoms with Crippen molar-refractivity contribution in [3.63, 3.8) is 0 Å². The number of nitrogens with zero attached hydrogens (tertiary/aromatic N) is 1. The highest BCUT2D eigenvalue weighted by Crippen LogP contribution is 2.23. The first kappa shape index (κ1) is 6.37. The van der Waals surface area contributed by atoms with Gasteiger partial charge in [-0.3, -0.25) is 4.99 Å². The fourth-order valence-electron chi connectivity index (χ4n) is 1.15. The lowest BCUT2D eigenvalue weighted by Crippen LogP contribution is -2.16. The highest BCUT2D eigenvalue weighted by Gasteiger charge is 2.10. The summed E-state index contributed by atoms with van der Waals surface area (Å²) in [4.78, 5) is 4.01. The van der Waals surface area contributed by atoms with Crippen LogP contribution in [-0.4, -0.2) is 6.34 Å². The van der Waals surface area contributed by atoms with E-state index < -0.39 is 0 Å². The molecule has 11 heavy (non-hydrogen) atoms. The van der Waals surface area contributed by atoms with Gasteiger partial charge in [0.1, 0.15) is 6.17 Å². The highest BCUT2D eigenvalue weighted by atomic mass is 15.1. The largest absolute Gasteiger partial charge is 0.346 e. The van der Waals surface area contributed by atoms with Crippen molar-refractivity contribution >= 4 is 12.0 Å². The van der Waals surface area contributed by atoms with Gasteiger partial charge in [0.05, 0.1) is 6.34 Å². The molecule has 0 spiro atoms. The van der Waals surface area contributed by atoms with Gasteiger partial charge in [0, 0.05) is 11.3 Å². The number of hydrogen-bond donors (Lipinski definition) is 2. The summed E-state index contributed by atoms with van der Waals surface area (Å²) in [7, 11) is 0. The number of benzene rings is 1. The van der Waals surface area contributed by atoms with Gasteiger partial charge in [0.25, 0.3) is 0 Å². The Bertz CT molecular complexity index is 293. The van der Waals surface area contributed by atoms with Crippen LogP contribution in [0.2, 0.25) is 0 Å². The van der Waals surface area contributed by atoms with E-state index in [0.717, 1.165) is 11.3 Å². The van der Waals surface area contributed by atoms with Gasteiger partial charge in [-0.25, -0.2) is 0 Å². The molecule has 1 atom stereocenters. The second-order valence-electron chi connectivity index (χ2n) is 2.45. The Morgan fingerprint density at radius 3 is 3.00 bits per heavy atom. The number of fused-ring (bicyclic) bond motifs is 1. The molecule has 3 heteroatoms. The third-order valence-electron chi connectivity index (χ3n) is 1.73. The molecule has 1 aromatic rings. The lowest BCUT2D eigenvalue weighted by Gasteiger charge is -2.16. The van der Waals surface area contributed by atoms with E-state index >= 15 is 0 Å². The zero-order chi connectivity index (χ0) is 7.68. The molecule has 0 aromatic heterocycles. The molecule has 1 heterocycles. The van der Waals surface area contributed by atoms with E-state index in [1.165, 1.54) is 0 Å². The summed E-state index contributed by atoms with van der Waals surface area (Å²) in [6.45, 7) is 0. The van der Waals surface area contributed by atoms with Crippen molar-refractivity contribution in [3.05, 3.63) is 29.8 Å². The van der Waals surface area contributed by atoms with Crippen LogP contribution in [0, 0.1) is 0 Å². The SMILES string of the molecule is NC1N=CNc2ccccc21. The molecule has 56 valence electrons. The van der Waals surface area contributed by atoms with Crippen LogP contribution in [0.25, 0.3) is 0 Å². The zero-order valence-electron chi connectivity index (χ0n) is 5.99. The van der Waals surface area contributed by atoms with Crippen LogP contribution in [0.15, 0.2) is 29.3 Å². The van der Waals surface area contributed by atoms with Crippen molar-refractivity contribution in [1.29, 1.82) is 0 Å². The maximum Gasteiger partial charge on any atom is 0.126 e. The standard InChI is InChI=1S/C8H9N3/c9-8-6-3-1-2-4-7(6)10-5-11-8/h1-5,8H,9H2,(H,10,11). The molecule has 1 unspecified atom stereocenters. The fraction of sp³-hybridized carbons (Fsp3) is 0.125. The topological polar surface area (TPSA) is 50.4 Å². The maximum atomic E-state index is 5.71. The van der Waals surface area contributed by atoms with Crippen molar-refractivity contribution in [3.8, 4) is 0 Å². The van der Waals surface area contributed by atoms with E-state index in [-0.39, 0.29) is 6.17 Å². The van der Waals surface area contributed by atoms with Crippen LogP contribution in [0.3, 0.4) is 0 Å². The van der Waals surface area contributed by atoms with Crippen LogP contribution < -0.4 is 11.1 Å². The minimum absolute atomic E-state index is 0.201.